The molecule has 0 saturated heterocycles. The summed E-state index contributed by atoms with van der Waals surface area (Å²) < 4.78 is 5.95. The van der Waals surface area contributed by atoms with E-state index in [0.717, 1.165) is 10.0 Å². The summed E-state index contributed by atoms with van der Waals surface area (Å²) in [6.45, 7) is 3.21. The van der Waals surface area contributed by atoms with Gasteiger partial charge in [-0.05, 0) is 31.5 Å². The van der Waals surface area contributed by atoms with Crippen molar-refractivity contribution < 1.29 is 19.4 Å². The molecule has 1 amide bonds. The van der Waals surface area contributed by atoms with Crippen LogP contribution in [0.5, 0.6) is 5.75 Å². The molecule has 0 aromatic heterocycles. The summed E-state index contributed by atoms with van der Waals surface area (Å²) in [4.78, 5) is 22.4. The molecule has 1 unspecified atom stereocenters. The number of carboxylic acids is 1. The second kappa shape index (κ2) is 5.86. The molecule has 0 fully saturated rings. The van der Waals surface area contributed by atoms with Gasteiger partial charge in [-0.15, -0.1) is 0 Å². The number of carboxylic acid groups (broad SMARTS) is 1. The van der Waals surface area contributed by atoms with E-state index in [9.17, 15) is 9.59 Å². The molecule has 1 aromatic carbocycles. The molecule has 0 aliphatic rings. The lowest BCUT2D eigenvalue weighted by atomic mass is 10.1. The van der Waals surface area contributed by atoms with Crippen molar-refractivity contribution in [2.24, 2.45) is 5.92 Å². The molecular formula is C12H14BrNO4. The topological polar surface area (TPSA) is 75.6 Å². The summed E-state index contributed by atoms with van der Waals surface area (Å²) in [5, 5.41) is 11.3. The number of nitrogens with one attached hydrogen (secondary N) is 1. The number of amides is 1. The number of anilines is 1. The Morgan fingerprint density at radius 3 is 2.56 bits per heavy atom. The van der Waals surface area contributed by atoms with Crippen LogP contribution in [-0.4, -0.2) is 24.1 Å². The molecule has 0 spiro atoms. The lowest BCUT2D eigenvalue weighted by Gasteiger charge is -2.13. The van der Waals surface area contributed by atoms with E-state index < -0.39 is 17.8 Å². The fourth-order valence-corrected chi connectivity index (χ4v) is 1.62. The van der Waals surface area contributed by atoms with Crippen molar-refractivity contribution in [3.05, 3.63) is 22.2 Å². The smallest absolute Gasteiger partial charge is 0.315 e. The van der Waals surface area contributed by atoms with E-state index in [0.29, 0.717) is 11.4 Å². The second-order valence-corrected chi connectivity index (χ2v) is 4.71. The Hall–Kier alpha value is -1.56. The summed E-state index contributed by atoms with van der Waals surface area (Å²) in [6, 6.07) is 3.44. The van der Waals surface area contributed by atoms with E-state index in [1.165, 1.54) is 14.0 Å². The maximum atomic E-state index is 11.7. The zero-order chi connectivity index (χ0) is 13.9. The van der Waals surface area contributed by atoms with E-state index in [-0.39, 0.29) is 0 Å². The number of methoxy groups -OCH3 is 1. The zero-order valence-corrected chi connectivity index (χ0v) is 11.9. The Morgan fingerprint density at radius 1 is 1.44 bits per heavy atom. The molecule has 2 N–H and O–H groups in total. The predicted molar refractivity (Wildman–Crippen MR) is 70.9 cm³/mol. The van der Waals surface area contributed by atoms with E-state index in [1.807, 2.05) is 6.92 Å². The SMILES string of the molecule is COc1cc(C)c(Br)cc1NC(=O)C(C)C(=O)O. The average Bonchev–Trinajstić information content (AvgIpc) is 2.32. The van der Waals surface area contributed by atoms with Crippen molar-refractivity contribution in [1.29, 1.82) is 0 Å². The lowest BCUT2D eigenvalue weighted by Crippen LogP contribution is -2.27. The van der Waals surface area contributed by atoms with Gasteiger partial charge < -0.3 is 15.2 Å². The third kappa shape index (κ3) is 3.22. The average molecular weight is 316 g/mol. The van der Waals surface area contributed by atoms with Crippen LogP contribution in [0.25, 0.3) is 0 Å². The number of hydrogen-bond acceptors (Lipinski definition) is 3. The van der Waals surface area contributed by atoms with Crippen molar-refractivity contribution in [2.45, 2.75) is 13.8 Å². The normalized spacial score (nSPS) is 11.8. The fourth-order valence-electron chi connectivity index (χ4n) is 1.27. The third-order valence-corrected chi connectivity index (χ3v) is 3.36. The van der Waals surface area contributed by atoms with E-state index in [2.05, 4.69) is 21.2 Å². The van der Waals surface area contributed by atoms with Crippen molar-refractivity contribution in [2.75, 3.05) is 12.4 Å². The predicted octanol–water partition coefficient (Wildman–Crippen LogP) is 2.43. The Bertz CT molecular complexity index is 487. The standard InChI is InChI=1S/C12H14BrNO4/c1-6-4-10(18-3)9(5-8(6)13)14-11(15)7(2)12(16)17/h4-5,7H,1-3H3,(H,14,15)(H,16,17). The first-order valence-electron chi connectivity index (χ1n) is 5.24. The van der Waals surface area contributed by atoms with Gasteiger partial charge in [0, 0.05) is 4.47 Å². The van der Waals surface area contributed by atoms with Crippen LogP contribution in [0.1, 0.15) is 12.5 Å². The summed E-state index contributed by atoms with van der Waals surface area (Å²) in [5.41, 5.74) is 1.39. The molecule has 18 heavy (non-hydrogen) atoms. The minimum atomic E-state index is -1.17. The number of carbonyl (C=O) groups excluding carboxylic acids is 1. The Balaban J connectivity index is 3.00. The second-order valence-electron chi connectivity index (χ2n) is 3.85. The quantitative estimate of drug-likeness (QED) is 0.837. The Morgan fingerprint density at radius 2 is 2.06 bits per heavy atom. The minimum absolute atomic E-state index is 0.438. The van der Waals surface area contributed by atoms with Crippen molar-refractivity contribution in [3.8, 4) is 5.75 Å². The number of rotatable bonds is 4. The van der Waals surface area contributed by atoms with Crippen LogP contribution in [0.4, 0.5) is 5.69 Å². The number of aliphatic carboxylic acids is 1. The van der Waals surface area contributed by atoms with Crippen LogP contribution in [0.2, 0.25) is 0 Å². The van der Waals surface area contributed by atoms with Crippen LogP contribution in [0.15, 0.2) is 16.6 Å². The maximum absolute atomic E-state index is 11.7. The molecule has 1 aromatic rings. The fraction of sp³-hybridized carbons (Fsp3) is 0.333. The minimum Gasteiger partial charge on any atom is -0.495 e. The van der Waals surface area contributed by atoms with Crippen LogP contribution < -0.4 is 10.1 Å². The van der Waals surface area contributed by atoms with Crippen LogP contribution in [0, 0.1) is 12.8 Å². The number of carbonyl (C=O) groups is 2. The molecule has 6 heteroatoms. The molecule has 1 rings (SSSR count). The van der Waals surface area contributed by atoms with Gasteiger partial charge in [0.05, 0.1) is 12.8 Å². The molecule has 0 saturated carbocycles. The number of benzene rings is 1. The molecule has 1 atom stereocenters. The van der Waals surface area contributed by atoms with E-state index in [1.54, 1.807) is 12.1 Å². The summed E-state index contributed by atoms with van der Waals surface area (Å²) in [5.74, 6) is -2.38. The number of aryl methyl sites for hydroxylation is 1. The zero-order valence-electron chi connectivity index (χ0n) is 10.3. The summed E-state index contributed by atoms with van der Waals surface area (Å²) in [6.07, 6.45) is 0. The summed E-state index contributed by atoms with van der Waals surface area (Å²) >= 11 is 3.34. The highest BCUT2D eigenvalue weighted by molar-refractivity contribution is 9.10. The molecule has 0 aliphatic carbocycles. The lowest BCUT2D eigenvalue weighted by molar-refractivity contribution is -0.144. The first-order valence-corrected chi connectivity index (χ1v) is 6.04. The van der Waals surface area contributed by atoms with Gasteiger partial charge >= 0.3 is 5.97 Å². The van der Waals surface area contributed by atoms with E-state index >= 15 is 0 Å². The van der Waals surface area contributed by atoms with Crippen molar-refractivity contribution in [3.63, 3.8) is 0 Å². The van der Waals surface area contributed by atoms with Gasteiger partial charge in [-0.1, -0.05) is 15.9 Å². The van der Waals surface area contributed by atoms with Gasteiger partial charge in [-0.25, -0.2) is 0 Å². The van der Waals surface area contributed by atoms with Crippen LogP contribution in [-0.2, 0) is 9.59 Å². The van der Waals surface area contributed by atoms with Gasteiger partial charge in [0.1, 0.15) is 11.7 Å². The summed E-state index contributed by atoms with van der Waals surface area (Å²) in [7, 11) is 1.49. The first-order chi connectivity index (χ1) is 8.36. The molecule has 5 nitrogen and oxygen atoms in total. The molecule has 0 aliphatic heterocycles. The third-order valence-electron chi connectivity index (χ3n) is 2.50. The van der Waals surface area contributed by atoms with Crippen molar-refractivity contribution in [1.82, 2.24) is 0 Å². The molecular weight excluding hydrogens is 302 g/mol. The maximum Gasteiger partial charge on any atom is 0.315 e. The highest BCUT2D eigenvalue weighted by atomic mass is 79.9. The number of hydrogen-bond donors (Lipinski definition) is 2. The number of ether oxygens (including phenoxy) is 1. The number of halogens is 1. The van der Waals surface area contributed by atoms with Crippen molar-refractivity contribution >= 4 is 33.5 Å². The highest BCUT2D eigenvalue weighted by Crippen LogP contribution is 2.31. The van der Waals surface area contributed by atoms with Gasteiger partial charge in [-0.3, -0.25) is 9.59 Å². The Labute approximate surface area is 113 Å². The van der Waals surface area contributed by atoms with Gasteiger partial charge in [-0.2, -0.15) is 0 Å². The van der Waals surface area contributed by atoms with Gasteiger partial charge in [0.15, 0.2) is 0 Å². The first kappa shape index (κ1) is 14.5. The molecule has 0 radical (unpaired) electrons. The monoisotopic (exact) mass is 315 g/mol. The van der Waals surface area contributed by atoms with Gasteiger partial charge in [0.2, 0.25) is 5.91 Å². The van der Waals surface area contributed by atoms with Crippen LogP contribution in [0.3, 0.4) is 0 Å². The molecule has 0 heterocycles. The van der Waals surface area contributed by atoms with Gasteiger partial charge in [0.25, 0.3) is 0 Å². The Kier molecular flexibility index (Phi) is 4.72. The molecule has 0 bridgehead atoms. The highest BCUT2D eigenvalue weighted by Gasteiger charge is 2.21. The largest absolute Gasteiger partial charge is 0.495 e. The van der Waals surface area contributed by atoms with Crippen LogP contribution >= 0.6 is 15.9 Å². The van der Waals surface area contributed by atoms with E-state index in [4.69, 9.17) is 9.84 Å². The molecule has 98 valence electrons.